The number of nitrogens with zero attached hydrogens (tertiary/aromatic N) is 2. The smallest absolute Gasteiger partial charge is 0.328 e. The average Bonchev–Trinajstić information content (AvgIpc) is 2.74. The van der Waals surface area contributed by atoms with E-state index in [1.54, 1.807) is 24.3 Å². The van der Waals surface area contributed by atoms with Crippen molar-refractivity contribution in [2.75, 3.05) is 49.6 Å². The van der Waals surface area contributed by atoms with Gasteiger partial charge >= 0.3 is 6.03 Å². The van der Waals surface area contributed by atoms with Gasteiger partial charge in [-0.1, -0.05) is 19.3 Å². The molecule has 0 unspecified atom stereocenters. The highest BCUT2D eigenvalue weighted by atomic mass is 16.5. The first-order valence-corrected chi connectivity index (χ1v) is 10.9. The minimum Gasteiger partial charge on any atom is -0.379 e. The Balaban J connectivity index is 1.27. The van der Waals surface area contributed by atoms with Crippen LogP contribution in [0.1, 0.15) is 44.9 Å². The molecule has 8 nitrogen and oxygen atoms in total. The molecule has 0 bridgehead atoms. The molecule has 1 aromatic carbocycles. The lowest BCUT2D eigenvalue weighted by atomic mass is 10.1. The van der Waals surface area contributed by atoms with Crippen molar-refractivity contribution in [3.05, 3.63) is 24.3 Å². The zero-order chi connectivity index (χ0) is 21.2. The summed E-state index contributed by atoms with van der Waals surface area (Å²) in [5.41, 5.74) is 1.41. The third kappa shape index (κ3) is 7.11. The van der Waals surface area contributed by atoms with E-state index in [1.165, 1.54) is 17.7 Å². The molecule has 0 spiro atoms. The number of morpholine rings is 1. The number of carbonyl (C=O) groups excluding carboxylic acids is 3. The van der Waals surface area contributed by atoms with Crippen molar-refractivity contribution in [1.29, 1.82) is 0 Å². The minimum atomic E-state index is -0.409. The van der Waals surface area contributed by atoms with Gasteiger partial charge in [-0.2, -0.15) is 0 Å². The third-order valence-corrected chi connectivity index (χ3v) is 5.50. The van der Waals surface area contributed by atoms with Gasteiger partial charge in [0, 0.05) is 43.9 Å². The van der Waals surface area contributed by atoms with Gasteiger partial charge in [0.15, 0.2) is 0 Å². The Kier molecular flexibility index (Phi) is 8.65. The lowest BCUT2D eigenvalue weighted by Gasteiger charge is -2.26. The van der Waals surface area contributed by atoms with Gasteiger partial charge in [-0.25, -0.2) is 4.79 Å². The molecule has 1 aromatic rings. The fraction of sp³-hybridized carbons (Fsp3) is 0.591. The summed E-state index contributed by atoms with van der Waals surface area (Å²) in [5, 5.41) is 5.21. The van der Waals surface area contributed by atoms with Crippen LogP contribution in [0.4, 0.5) is 16.2 Å². The molecule has 0 radical (unpaired) electrons. The second-order valence-electron chi connectivity index (χ2n) is 7.82. The van der Waals surface area contributed by atoms with E-state index in [1.807, 2.05) is 0 Å². The first-order valence-electron chi connectivity index (χ1n) is 10.9. The van der Waals surface area contributed by atoms with Gasteiger partial charge in [0.1, 0.15) is 0 Å². The quantitative estimate of drug-likeness (QED) is 0.573. The number of imide groups is 1. The molecule has 30 heavy (non-hydrogen) atoms. The molecule has 2 fully saturated rings. The van der Waals surface area contributed by atoms with E-state index in [0.29, 0.717) is 24.3 Å². The molecular formula is C22H32N4O4. The Bertz CT molecular complexity index is 716. The SMILES string of the molecule is O=C1CCN(c2ccc(NC(=O)CCCCCCCN3CCOCC3)cc2)C(=O)N1. The van der Waals surface area contributed by atoms with Crippen LogP contribution in [0.3, 0.4) is 0 Å². The van der Waals surface area contributed by atoms with Crippen LogP contribution in [0.5, 0.6) is 0 Å². The van der Waals surface area contributed by atoms with Crippen molar-refractivity contribution in [3.63, 3.8) is 0 Å². The first kappa shape index (κ1) is 22.2. The number of ether oxygens (including phenoxy) is 1. The number of hydrogen-bond acceptors (Lipinski definition) is 5. The van der Waals surface area contributed by atoms with E-state index in [9.17, 15) is 14.4 Å². The van der Waals surface area contributed by atoms with Gasteiger partial charge in [-0.3, -0.25) is 24.7 Å². The van der Waals surface area contributed by atoms with Gasteiger partial charge in [0.2, 0.25) is 11.8 Å². The molecule has 4 amide bonds. The number of unbranched alkanes of at least 4 members (excludes halogenated alkanes) is 4. The van der Waals surface area contributed by atoms with Crippen molar-refractivity contribution in [1.82, 2.24) is 10.2 Å². The summed E-state index contributed by atoms with van der Waals surface area (Å²) in [7, 11) is 0. The molecule has 2 saturated heterocycles. The van der Waals surface area contributed by atoms with Crippen LogP contribution < -0.4 is 15.5 Å². The topological polar surface area (TPSA) is 91.0 Å². The lowest BCUT2D eigenvalue weighted by Crippen LogP contribution is -2.49. The normalized spacial score (nSPS) is 17.7. The fourth-order valence-corrected chi connectivity index (χ4v) is 3.73. The summed E-state index contributed by atoms with van der Waals surface area (Å²) in [5.74, 6) is -0.241. The molecule has 8 heteroatoms. The highest BCUT2D eigenvalue weighted by Gasteiger charge is 2.23. The molecule has 2 heterocycles. The highest BCUT2D eigenvalue weighted by Crippen LogP contribution is 2.20. The summed E-state index contributed by atoms with van der Waals surface area (Å²) < 4.78 is 5.36. The maximum atomic E-state index is 12.1. The molecule has 0 saturated carbocycles. The van der Waals surface area contributed by atoms with Gasteiger partial charge in [-0.05, 0) is 43.7 Å². The number of urea groups is 1. The second kappa shape index (κ2) is 11.7. The van der Waals surface area contributed by atoms with Crippen molar-refractivity contribution < 1.29 is 19.1 Å². The Labute approximate surface area is 177 Å². The molecule has 0 aromatic heterocycles. The Morgan fingerprint density at radius 3 is 2.40 bits per heavy atom. The van der Waals surface area contributed by atoms with Gasteiger partial charge in [0.25, 0.3) is 0 Å². The van der Waals surface area contributed by atoms with E-state index >= 15 is 0 Å². The van der Waals surface area contributed by atoms with Crippen molar-refractivity contribution in [3.8, 4) is 0 Å². The molecular weight excluding hydrogens is 384 g/mol. The fourth-order valence-electron chi connectivity index (χ4n) is 3.73. The molecule has 0 atom stereocenters. The van der Waals surface area contributed by atoms with Crippen LogP contribution in [0, 0.1) is 0 Å². The predicted molar refractivity (Wildman–Crippen MR) is 116 cm³/mol. The lowest BCUT2D eigenvalue weighted by molar-refractivity contribution is -0.120. The molecule has 0 aliphatic carbocycles. The number of nitrogens with one attached hydrogen (secondary N) is 2. The Morgan fingerprint density at radius 2 is 1.67 bits per heavy atom. The van der Waals surface area contributed by atoms with E-state index in [-0.39, 0.29) is 18.2 Å². The standard InChI is InChI=1S/C22H32N4O4/c27-20(6-4-2-1-3-5-12-25-14-16-30-17-15-25)23-18-7-9-19(10-8-18)26-13-11-21(28)24-22(26)29/h7-10H,1-6,11-17H2,(H,23,27)(H,24,28,29). The second-order valence-corrected chi connectivity index (χ2v) is 7.82. The number of rotatable bonds is 10. The van der Waals surface area contributed by atoms with Crippen LogP contribution in [-0.4, -0.2) is 62.1 Å². The van der Waals surface area contributed by atoms with Crippen LogP contribution >= 0.6 is 0 Å². The molecule has 3 rings (SSSR count). The zero-order valence-corrected chi connectivity index (χ0v) is 17.5. The third-order valence-electron chi connectivity index (χ3n) is 5.50. The van der Waals surface area contributed by atoms with Crippen LogP contribution in [0.15, 0.2) is 24.3 Å². The summed E-state index contributed by atoms with van der Waals surface area (Å²) >= 11 is 0. The van der Waals surface area contributed by atoms with E-state index in [2.05, 4.69) is 15.5 Å². The maximum absolute atomic E-state index is 12.1. The van der Waals surface area contributed by atoms with Crippen LogP contribution in [0.25, 0.3) is 0 Å². The largest absolute Gasteiger partial charge is 0.379 e. The number of carbonyl (C=O) groups is 3. The molecule has 2 N–H and O–H groups in total. The monoisotopic (exact) mass is 416 g/mol. The van der Waals surface area contributed by atoms with Gasteiger partial charge in [0.05, 0.1) is 13.2 Å². The average molecular weight is 417 g/mol. The molecule has 164 valence electrons. The van der Waals surface area contributed by atoms with E-state index in [4.69, 9.17) is 4.74 Å². The summed E-state index contributed by atoms with van der Waals surface area (Å²) in [6, 6.07) is 6.71. The van der Waals surface area contributed by atoms with Crippen molar-refractivity contribution in [2.24, 2.45) is 0 Å². The van der Waals surface area contributed by atoms with Crippen LogP contribution in [0.2, 0.25) is 0 Å². The number of anilines is 2. The van der Waals surface area contributed by atoms with E-state index in [0.717, 1.165) is 52.1 Å². The summed E-state index contributed by atoms with van der Waals surface area (Å²) in [4.78, 5) is 39.2. The van der Waals surface area contributed by atoms with Gasteiger partial charge in [-0.15, -0.1) is 0 Å². The highest BCUT2D eigenvalue weighted by molar-refractivity contribution is 6.05. The van der Waals surface area contributed by atoms with Gasteiger partial charge < -0.3 is 10.1 Å². The van der Waals surface area contributed by atoms with Crippen molar-refractivity contribution in [2.45, 2.75) is 44.9 Å². The zero-order valence-electron chi connectivity index (χ0n) is 17.5. The Morgan fingerprint density at radius 1 is 0.967 bits per heavy atom. The number of hydrogen-bond donors (Lipinski definition) is 2. The van der Waals surface area contributed by atoms with Crippen LogP contribution in [-0.2, 0) is 14.3 Å². The Hall–Kier alpha value is -2.45. The molecule has 2 aliphatic heterocycles. The summed E-state index contributed by atoms with van der Waals surface area (Å²) in [6.45, 7) is 5.31. The first-order chi connectivity index (χ1) is 14.6. The maximum Gasteiger partial charge on any atom is 0.328 e. The minimum absolute atomic E-state index is 0.0115. The summed E-state index contributed by atoms with van der Waals surface area (Å²) in [6.07, 6.45) is 6.34. The van der Waals surface area contributed by atoms with E-state index < -0.39 is 6.03 Å². The number of amides is 4. The predicted octanol–water partition coefficient (Wildman–Crippen LogP) is 2.74. The molecule has 2 aliphatic rings. The van der Waals surface area contributed by atoms with Crippen molar-refractivity contribution >= 4 is 29.2 Å². The number of benzene rings is 1.